The first-order chi connectivity index (χ1) is 9.71. The van der Waals surface area contributed by atoms with Crippen LogP contribution in [0.1, 0.15) is 30.1 Å². The van der Waals surface area contributed by atoms with Gasteiger partial charge in [-0.25, -0.2) is 0 Å². The van der Waals surface area contributed by atoms with Gasteiger partial charge < -0.3 is 8.92 Å². The van der Waals surface area contributed by atoms with Gasteiger partial charge in [0.25, 0.3) is 0 Å². The molecule has 9 heteroatoms. The Labute approximate surface area is 119 Å². The molecule has 5 nitrogen and oxygen atoms in total. The lowest BCUT2D eigenvalue weighted by molar-refractivity contribution is -0.0500. The number of benzene rings is 1. The number of carbonyl (C=O) groups is 1. The Morgan fingerprint density at radius 1 is 1.29 bits per heavy atom. The summed E-state index contributed by atoms with van der Waals surface area (Å²) in [6.07, 6.45) is 1.75. The summed E-state index contributed by atoms with van der Waals surface area (Å²) >= 11 is 0. The van der Waals surface area contributed by atoms with E-state index in [9.17, 15) is 26.4 Å². The van der Waals surface area contributed by atoms with Crippen molar-refractivity contribution in [2.75, 3.05) is 6.61 Å². The summed E-state index contributed by atoms with van der Waals surface area (Å²) in [4.78, 5) is 10.7. The summed E-state index contributed by atoms with van der Waals surface area (Å²) in [5.41, 5.74) is -5.91. The fourth-order valence-electron chi connectivity index (χ4n) is 1.27. The second kappa shape index (κ2) is 6.79. The zero-order valence-corrected chi connectivity index (χ0v) is 11.8. The van der Waals surface area contributed by atoms with Crippen LogP contribution in [0.4, 0.5) is 13.2 Å². The van der Waals surface area contributed by atoms with Crippen LogP contribution in [0.3, 0.4) is 0 Å². The van der Waals surface area contributed by atoms with E-state index in [0.717, 1.165) is 18.6 Å². The molecule has 0 unspecified atom stereocenters. The van der Waals surface area contributed by atoms with Gasteiger partial charge in [-0.2, -0.15) is 21.6 Å². The van der Waals surface area contributed by atoms with E-state index < -0.39 is 21.4 Å². The SMILES string of the molecule is CCCCOc1ccc(C=O)c(OS(=O)(=O)C(F)(F)F)c1. The summed E-state index contributed by atoms with van der Waals surface area (Å²) in [5.74, 6) is -0.613. The standard InChI is InChI=1S/C12H13F3O5S/c1-2-3-6-19-10-5-4-9(8-16)11(7-10)20-21(17,18)12(13,14)15/h4-5,7-8H,2-3,6H2,1H3. The molecule has 0 spiro atoms. The van der Waals surface area contributed by atoms with Crippen molar-refractivity contribution in [3.63, 3.8) is 0 Å². The maximum Gasteiger partial charge on any atom is 0.534 e. The Morgan fingerprint density at radius 3 is 2.48 bits per heavy atom. The lowest BCUT2D eigenvalue weighted by Gasteiger charge is -2.12. The highest BCUT2D eigenvalue weighted by Crippen LogP contribution is 2.30. The van der Waals surface area contributed by atoms with Crippen molar-refractivity contribution in [3.05, 3.63) is 23.8 Å². The van der Waals surface area contributed by atoms with E-state index in [1.165, 1.54) is 6.07 Å². The molecule has 0 bridgehead atoms. The Balaban J connectivity index is 3.04. The van der Waals surface area contributed by atoms with Crippen LogP contribution in [0, 0.1) is 0 Å². The van der Waals surface area contributed by atoms with Gasteiger partial charge in [0.05, 0.1) is 12.2 Å². The smallest absolute Gasteiger partial charge is 0.493 e. The highest BCUT2D eigenvalue weighted by Gasteiger charge is 2.48. The van der Waals surface area contributed by atoms with Gasteiger partial charge in [0.2, 0.25) is 0 Å². The van der Waals surface area contributed by atoms with Crippen LogP contribution < -0.4 is 8.92 Å². The molecular weight excluding hydrogens is 313 g/mol. The van der Waals surface area contributed by atoms with Gasteiger partial charge in [0.1, 0.15) is 5.75 Å². The average molecular weight is 326 g/mol. The number of ether oxygens (including phenoxy) is 1. The van der Waals surface area contributed by atoms with E-state index in [-0.39, 0.29) is 17.6 Å². The minimum absolute atomic E-state index is 0.112. The number of alkyl halides is 3. The molecule has 0 aliphatic carbocycles. The number of carbonyl (C=O) groups excluding carboxylic acids is 1. The van der Waals surface area contributed by atoms with Crippen molar-refractivity contribution in [2.45, 2.75) is 25.3 Å². The van der Waals surface area contributed by atoms with Crippen LogP contribution >= 0.6 is 0 Å². The maximum atomic E-state index is 12.3. The van der Waals surface area contributed by atoms with Gasteiger partial charge in [0, 0.05) is 6.07 Å². The van der Waals surface area contributed by atoms with Crippen molar-refractivity contribution >= 4 is 16.4 Å². The molecule has 0 atom stereocenters. The van der Waals surface area contributed by atoms with Gasteiger partial charge in [-0.05, 0) is 18.6 Å². The van der Waals surface area contributed by atoms with Gasteiger partial charge in [-0.15, -0.1) is 0 Å². The molecule has 0 heterocycles. The molecular formula is C12H13F3O5S. The average Bonchev–Trinajstić information content (AvgIpc) is 2.37. The fourth-order valence-corrected chi connectivity index (χ4v) is 1.75. The van der Waals surface area contributed by atoms with Crippen LogP contribution in [0.25, 0.3) is 0 Å². The summed E-state index contributed by atoms with van der Waals surface area (Å²) in [5, 5.41) is 0. The molecule has 0 aliphatic heterocycles. The molecule has 21 heavy (non-hydrogen) atoms. The molecule has 0 fully saturated rings. The quantitative estimate of drug-likeness (QED) is 0.333. The van der Waals surface area contributed by atoms with Gasteiger partial charge in [0.15, 0.2) is 12.0 Å². The van der Waals surface area contributed by atoms with E-state index >= 15 is 0 Å². The molecule has 0 saturated heterocycles. The van der Waals surface area contributed by atoms with Gasteiger partial charge >= 0.3 is 15.6 Å². The highest BCUT2D eigenvalue weighted by molar-refractivity contribution is 7.88. The number of rotatable bonds is 7. The number of halogens is 3. The Kier molecular flexibility index (Phi) is 5.59. The zero-order chi connectivity index (χ0) is 16.1. The summed E-state index contributed by atoms with van der Waals surface area (Å²) in [7, 11) is -5.84. The highest BCUT2D eigenvalue weighted by atomic mass is 32.2. The third-order valence-corrected chi connectivity index (χ3v) is 3.33. The molecule has 0 aliphatic rings. The lowest BCUT2D eigenvalue weighted by atomic mass is 10.2. The second-order valence-electron chi connectivity index (χ2n) is 4.00. The molecule has 1 aromatic rings. The first-order valence-electron chi connectivity index (χ1n) is 5.94. The van der Waals surface area contributed by atoms with Gasteiger partial charge in [-0.1, -0.05) is 13.3 Å². The number of hydrogen-bond acceptors (Lipinski definition) is 5. The predicted octanol–water partition coefficient (Wildman–Crippen LogP) is 2.91. The van der Waals surface area contributed by atoms with Crippen molar-refractivity contribution in [1.82, 2.24) is 0 Å². The Bertz CT molecular complexity index is 595. The molecule has 0 amide bonds. The fraction of sp³-hybridized carbons (Fsp3) is 0.417. The monoisotopic (exact) mass is 326 g/mol. The van der Waals surface area contributed by atoms with E-state index in [1.807, 2.05) is 6.92 Å². The van der Waals surface area contributed by atoms with E-state index in [1.54, 1.807) is 0 Å². The number of unbranched alkanes of at least 4 members (excludes halogenated alkanes) is 1. The minimum Gasteiger partial charge on any atom is -0.493 e. The lowest BCUT2D eigenvalue weighted by Crippen LogP contribution is -2.28. The van der Waals surface area contributed by atoms with E-state index in [0.29, 0.717) is 13.0 Å². The normalized spacial score (nSPS) is 12.0. The van der Waals surface area contributed by atoms with Crippen LogP contribution in [0.5, 0.6) is 11.5 Å². The molecule has 0 radical (unpaired) electrons. The molecule has 0 aromatic heterocycles. The number of hydrogen-bond donors (Lipinski definition) is 0. The van der Waals surface area contributed by atoms with Crippen molar-refractivity contribution in [2.24, 2.45) is 0 Å². The number of aldehydes is 1. The largest absolute Gasteiger partial charge is 0.534 e. The summed E-state index contributed by atoms with van der Waals surface area (Å²) in [6, 6.07) is 3.39. The van der Waals surface area contributed by atoms with E-state index in [2.05, 4.69) is 4.18 Å². The van der Waals surface area contributed by atoms with Crippen molar-refractivity contribution < 1.29 is 35.3 Å². The second-order valence-corrected chi connectivity index (χ2v) is 5.54. The van der Waals surface area contributed by atoms with Crippen molar-refractivity contribution in [3.8, 4) is 11.5 Å². The third-order valence-electron chi connectivity index (χ3n) is 2.36. The zero-order valence-electron chi connectivity index (χ0n) is 11.0. The Hall–Kier alpha value is -1.77. The molecule has 0 saturated carbocycles. The molecule has 1 rings (SSSR count). The Morgan fingerprint density at radius 2 is 1.95 bits per heavy atom. The topological polar surface area (TPSA) is 69.7 Å². The van der Waals surface area contributed by atoms with Crippen LogP contribution in [-0.2, 0) is 10.1 Å². The van der Waals surface area contributed by atoms with E-state index in [4.69, 9.17) is 4.74 Å². The van der Waals surface area contributed by atoms with Crippen LogP contribution in [0.2, 0.25) is 0 Å². The van der Waals surface area contributed by atoms with Crippen molar-refractivity contribution in [1.29, 1.82) is 0 Å². The van der Waals surface area contributed by atoms with Crippen LogP contribution in [-0.4, -0.2) is 26.8 Å². The first kappa shape index (κ1) is 17.3. The molecule has 118 valence electrons. The summed E-state index contributed by atoms with van der Waals surface area (Å²) < 4.78 is 67.9. The van der Waals surface area contributed by atoms with Crippen LogP contribution in [0.15, 0.2) is 18.2 Å². The molecule has 0 N–H and O–H groups in total. The first-order valence-corrected chi connectivity index (χ1v) is 7.35. The third kappa shape index (κ3) is 4.62. The molecule has 1 aromatic carbocycles. The minimum atomic E-state index is -5.84. The summed E-state index contributed by atoms with van der Waals surface area (Å²) in [6.45, 7) is 2.23. The van der Waals surface area contributed by atoms with Gasteiger partial charge in [-0.3, -0.25) is 4.79 Å². The maximum absolute atomic E-state index is 12.3. The predicted molar refractivity (Wildman–Crippen MR) is 67.8 cm³/mol.